The third-order valence-corrected chi connectivity index (χ3v) is 5.33. The molecular formula is C23H23ClN4O3. The van der Waals surface area contributed by atoms with Crippen molar-refractivity contribution in [1.82, 2.24) is 9.78 Å². The highest BCUT2D eigenvalue weighted by Gasteiger charge is 2.36. The zero-order valence-electron chi connectivity index (χ0n) is 17.3. The summed E-state index contributed by atoms with van der Waals surface area (Å²) in [7, 11) is 0. The number of amides is 2. The van der Waals surface area contributed by atoms with Crippen molar-refractivity contribution < 1.29 is 14.3 Å². The van der Waals surface area contributed by atoms with Crippen molar-refractivity contribution in [3.8, 4) is 16.9 Å². The summed E-state index contributed by atoms with van der Waals surface area (Å²) in [5.74, 6) is 0.811. The fraction of sp³-hybridized carbons (Fsp3) is 0.261. The van der Waals surface area contributed by atoms with Crippen LogP contribution in [-0.4, -0.2) is 28.2 Å². The number of hydrogen-bond acceptors (Lipinski definition) is 4. The van der Waals surface area contributed by atoms with Gasteiger partial charge in [0.2, 0.25) is 5.91 Å². The van der Waals surface area contributed by atoms with E-state index in [1.54, 1.807) is 35.0 Å². The molecule has 1 aliphatic heterocycles. The number of aryl methyl sites for hydroxylation is 1. The van der Waals surface area contributed by atoms with Crippen molar-refractivity contribution in [3.05, 3.63) is 59.2 Å². The van der Waals surface area contributed by atoms with Gasteiger partial charge in [0.15, 0.2) is 0 Å². The van der Waals surface area contributed by atoms with Crippen LogP contribution in [-0.2, 0) is 16.0 Å². The Morgan fingerprint density at radius 3 is 2.68 bits per heavy atom. The number of aromatic nitrogens is 2. The third kappa shape index (κ3) is 4.27. The lowest BCUT2D eigenvalue weighted by atomic mass is 10.0. The highest BCUT2D eigenvalue weighted by atomic mass is 35.5. The van der Waals surface area contributed by atoms with Gasteiger partial charge in [-0.05, 0) is 55.3 Å². The van der Waals surface area contributed by atoms with Gasteiger partial charge in [0, 0.05) is 16.3 Å². The Labute approximate surface area is 185 Å². The van der Waals surface area contributed by atoms with E-state index in [9.17, 15) is 9.59 Å². The van der Waals surface area contributed by atoms with E-state index in [1.165, 1.54) is 0 Å². The van der Waals surface area contributed by atoms with Gasteiger partial charge in [-0.15, -0.1) is 0 Å². The van der Waals surface area contributed by atoms with E-state index in [0.29, 0.717) is 29.6 Å². The molecule has 31 heavy (non-hydrogen) atoms. The quantitative estimate of drug-likeness (QED) is 0.560. The number of hydrogen-bond donors (Lipinski definition) is 2. The van der Waals surface area contributed by atoms with Crippen molar-refractivity contribution in [2.45, 2.75) is 32.7 Å². The highest BCUT2D eigenvalue weighted by molar-refractivity contribution is 6.30. The molecule has 0 fully saturated rings. The van der Waals surface area contributed by atoms with Gasteiger partial charge in [-0.25, -0.2) is 4.68 Å². The molecule has 0 bridgehead atoms. The number of anilines is 2. The molecule has 2 aromatic carbocycles. The molecule has 0 radical (unpaired) electrons. The maximum atomic E-state index is 12.7. The molecule has 7 nitrogen and oxygen atoms in total. The van der Waals surface area contributed by atoms with Crippen LogP contribution < -0.4 is 15.4 Å². The average Bonchev–Trinajstić information content (AvgIpc) is 3.25. The van der Waals surface area contributed by atoms with E-state index >= 15 is 0 Å². The van der Waals surface area contributed by atoms with Crippen molar-refractivity contribution in [2.75, 3.05) is 17.2 Å². The first-order valence-electron chi connectivity index (χ1n) is 10.2. The van der Waals surface area contributed by atoms with E-state index in [2.05, 4.69) is 15.7 Å². The molecule has 3 aromatic rings. The van der Waals surface area contributed by atoms with Crippen LogP contribution >= 0.6 is 11.6 Å². The molecule has 4 rings (SSSR count). The maximum Gasteiger partial charge on any atom is 0.251 e. The molecule has 2 N–H and O–H groups in total. The lowest BCUT2D eigenvalue weighted by Crippen LogP contribution is -2.23. The molecule has 1 aliphatic rings. The Morgan fingerprint density at radius 2 is 2.00 bits per heavy atom. The van der Waals surface area contributed by atoms with Crippen molar-refractivity contribution >= 4 is 34.9 Å². The van der Waals surface area contributed by atoms with E-state index in [4.69, 9.17) is 16.3 Å². The fourth-order valence-electron chi connectivity index (χ4n) is 3.70. The number of ether oxygens (including phenoxy) is 1. The summed E-state index contributed by atoms with van der Waals surface area (Å²) in [6, 6.07) is 13.8. The summed E-state index contributed by atoms with van der Waals surface area (Å²) in [6.07, 6.45) is 0.661. The van der Waals surface area contributed by atoms with Gasteiger partial charge >= 0.3 is 0 Å². The fourth-order valence-corrected chi connectivity index (χ4v) is 3.89. The predicted molar refractivity (Wildman–Crippen MR) is 121 cm³/mol. The monoisotopic (exact) mass is 438 g/mol. The van der Waals surface area contributed by atoms with Crippen LogP contribution in [0.2, 0.25) is 5.02 Å². The number of rotatable bonds is 7. The minimum atomic E-state index is -0.712. The van der Waals surface area contributed by atoms with Crippen LogP contribution in [0.4, 0.5) is 11.5 Å². The van der Waals surface area contributed by atoms with Gasteiger partial charge in [-0.1, -0.05) is 30.7 Å². The molecule has 2 amide bonds. The van der Waals surface area contributed by atoms with E-state index < -0.39 is 6.04 Å². The third-order valence-electron chi connectivity index (χ3n) is 5.10. The van der Waals surface area contributed by atoms with Crippen molar-refractivity contribution in [3.63, 3.8) is 0 Å². The number of carbonyl (C=O) groups is 2. The van der Waals surface area contributed by atoms with E-state index in [-0.39, 0.29) is 18.2 Å². The van der Waals surface area contributed by atoms with Crippen LogP contribution in [0, 0.1) is 0 Å². The number of benzene rings is 2. The molecule has 0 saturated heterocycles. The van der Waals surface area contributed by atoms with Gasteiger partial charge in [0.1, 0.15) is 17.6 Å². The topological polar surface area (TPSA) is 85.2 Å². The lowest BCUT2D eigenvalue weighted by molar-refractivity contribution is -0.123. The van der Waals surface area contributed by atoms with Crippen LogP contribution in [0.5, 0.6) is 5.75 Å². The Bertz CT molecular complexity index is 1120. The van der Waals surface area contributed by atoms with Crippen LogP contribution in [0.25, 0.3) is 11.1 Å². The Morgan fingerprint density at radius 1 is 1.23 bits per heavy atom. The molecule has 0 aliphatic carbocycles. The predicted octanol–water partition coefficient (Wildman–Crippen LogP) is 4.69. The van der Waals surface area contributed by atoms with Gasteiger partial charge in [-0.2, -0.15) is 5.10 Å². The number of fused-ring (bicyclic) bond motifs is 1. The zero-order chi connectivity index (χ0) is 22.0. The molecule has 8 heteroatoms. The van der Waals surface area contributed by atoms with E-state index in [1.807, 2.05) is 32.0 Å². The molecule has 1 atom stereocenters. The van der Waals surface area contributed by atoms with Gasteiger partial charge in [0.25, 0.3) is 5.91 Å². The first-order chi connectivity index (χ1) is 15.0. The molecular weight excluding hydrogens is 416 g/mol. The largest absolute Gasteiger partial charge is 0.494 e. The molecule has 160 valence electrons. The van der Waals surface area contributed by atoms with Crippen molar-refractivity contribution in [1.29, 1.82) is 0 Å². The van der Waals surface area contributed by atoms with Gasteiger partial charge in [-0.3, -0.25) is 9.59 Å². The number of carbonyl (C=O) groups excluding carboxylic acids is 2. The van der Waals surface area contributed by atoms with Gasteiger partial charge < -0.3 is 15.4 Å². The summed E-state index contributed by atoms with van der Waals surface area (Å²) >= 11 is 6.16. The number of nitrogens with zero attached hydrogens (tertiary/aromatic N) is 2. The highest BCUT2D eigenvalue weighted by Crippen LogP contribution is 2.39. The smallest absolute Gasteiger partial charge is 0.251 e. The lowest BCUT2D eigenvalue weighted by Gasteiger charge is -2.11. The zero-order valence-corrected chi connectivity index (χ0v) is 18.1. The van der Waals surface area contributed by atoms with Crippen LogP contribution in [0.3, 0.4) is 0 Å². The average molecular weight is 439 g/mol. The molecule has 0 spiro atoms. The van der Waals surface area contributed by atoms with Gasteiger partial charge in [0.05, 0.1) is 18.7 Å². The summed E-state index contributed by atoms with van der Waals surface area (Å²) in [5.41, 5.74) is 3.20. The van der Waals surface area contributed by atoms with Crippen molar-refractivity contribution in [2.24, 2.45) is 0 Å². The summed E-state index contributed by atoms with van der Waals surface area (Å²) in [6.45, 7) is 4.49. The molecule has 2 heterocycles. The minimum absolute atomic E-state index is 0.0220. The minimum Gasteiger partial charge on any atom is -0.494 e. The first-order valence-corrected chi connectivity index (χ1v) is 10.6. The van der Waals surface area contributed by atoms with Crippen LogP contribution in [0.1, 0.15) is 32.0 Å². The Hall–Kier alpha value is -3.32. The second kappa shape index (κ2) is 8.81. The SMILES string of the molecule is CCOc1ccc(NC(=O)CC2C(=O)Nc3c(-c4cccc(Cl)c4)c(CC)nn32)cc1. The number of halogens is 1. The second-order valence-corrected chi connectivity index (χ2v) is 7.63. The van der Waals surface area contributed by atoms with Crippen LogP contribution in [0.15, 0.2) is 48.5 Å². The second-order valence-electron chi connectivity index (χ2n) is 7.19. The number of nitrogens with one attached hydrogen (secondary N) is 2. The standard InChI is InChI=1S/C23H23ClN4O3/c1-3-18-21(14-6-5-7-15(24)12-14)22-26-23(30)19(28(22)27-18)13-20(29)25-16-8-10-17(11-9-16)31-4-2/h5-12,19H,3-4,13H2,1-2H3,(H,25,29)(H,26,30). The summed E-state index contributed by atoms with van der Waals surface area (Å²) in [5, 5.41) is 11.0. The Kier molecular flexibility index (Phi) is 5.95. The molecule has 1 unspecified atom stereocenters. The molecule has 1 aromatic heterocycles. The summed E-state index contributed by atoms with van der Waals surface area (Å²) in [4.78, 5) is 25.3. The summed E-state index contributed by atoms with van der Waals surface area (Å²) < 4.78 is 7.03. The Balaban J connectivity index is 1.55. The normalized spacial score (nSPS) is 14.8. The first kappa shape index (κ1) is 20.9. The molecule has 0 saturated carbocycles. The van der Waals surface area contributed by atoms with E-state index in [0.717, 1.165) is 22.6 Å². The maximum absolute atomic E-state index is 12.7.